The number of phenolic OH excluding ortho intramolecular Hbond substituents is 1. The lowest BCUT2D eigenvalue weighted by Gasteiger charge is -2.17. The summed E-state index contributed by atoms with van der Waals surface area (Å²) < 4.78 is 1.42. The van der Waals surface area contributed by atoms with E-state index in [-0.39, 0.29) is 35.1 Å². The highest BCUT2D eigenvalue weighted by Crippen LogP contribution is 2.31. The summed E-state index contributed by atoms with van der Waals surface area (Å²) in [5, 5.41) is 11.5. The zero-order chi connectivity index (χ0) is 26.0. The molecule has 0 saturated carbocycles. The molecule has 0 aliphatic rings. The fourth-order valence-electron chi connectivity index (χ4n) is 3.71. The Bertz CT molecular complexity index is 1590. The van der Waals surface area contributed by atoms with Gasteiger partial charge in [-0.25, -0.2) is 4.98 Å². The van der Waals surface area contributed by atoms with Crippen LogP contribution in [0.2, 0.25) is 10.0 Å². The molecule has 1 heterocycles. The molecule has 0 atom stereocenters. The van der Waals surface area contributed by atoms with Crippen LogP contribution in [0.3, 0.4) is 0 Å². The van der Waals surface area contributed by atoms with Gasteiger partial charge in [0.2, 0.25) is 5.49 Å². The number of aromatic nitrogens is 2. The van der Waals surface area contributed by atoms with Crippen molar-refractivity contribution in [3.63, 3.8) is 0 Å². The number of fused-ring (bicyclic) bond motifs is 1. The molecule has 1 aromatic heterocycles. The summed E-state index contributed by atoms with van der Waals surface area (Å²) >= 11 is 12.2. The van der Waals surface area contributed by atoms with Crippen molar-refractivity contribution in [1.29, 1.82) is 0 Å². The van der Waals surface area contributed by atoms with E-state index in [1.165, 1.54) is 16.7 Å². The Morgan fingerprint density at radius 3 is 2.39 bits per heavy atom. The van der Waals surface area contributed by atoms with E-state index in [9.17, 15) is 14.7 Å². The highest BCUT2D eigenvalue weighted by molar-refractivity contribution is 6.35. The molecule has 0 aliphatic carbocycles. The number of carbonyl (C=O) groups is 1. The molecule has 3 aromatic carbocycles. The molecular formula is C28H25Cl2N3O3. The molecule has 6 nitrogen and oxygen atoms in total. The van der Waals surface area contributed by atoms with Gasteiger partial charge in [0.1, 0.15) is 5.75 Å². The molecule has 0 bridgehead atoms. The van der Waals surface area contributed by atoms with Gasteiger partial charge in [0.05, 0.1) is 29.3 Å². The summed E-state index contributed by atoms with van der Waals surface area (Å²) in [4.78, 5) is 36.0. The quantitative estimate of drug-likeness (QED) is 0.360. The molecule has 4 rings (SSSR count). The predicted octanol–water partition coefficient (Wildman–Crippen LogP) is 5.79. The van der Waals surface area contributed by atoms with E-state index in [0.29, 0.717) is 27.2 Å². The third-order valence-corrected chi connectivity index (χ3v) is 6.30. The molecule has 8 heteroatoms. The predicted molar refractivity (Wildman–Crippen MR) is 143 cm³/mol. The standard InChI is InChI=1S/C28H25Cl2N3O3/c1-28(2,3)23(34)16-33-22-12-8-7-11-20(22)24(17-9-5-4-6-10-17)32-26(27(33)36)31-15-18-13-19(29)14-21(30)25(18)35/h4-14,35H,15-16H2,1-3H3. The Labute approximate surface area is 218 Å². The molecule has 0 saturated heterocycles. The van der Waals surface area contributed by atoms with Gasteiger partial charge in [0, 0.05) is 27.0 Å². The number of Topliss-reactive ketones (excluding diaryl/α,β-unsaturated/α-hetero) is 1. The molecule has 0 spiro atoms. The number of halogens is 2. The summed E-state index contributed by atoms with van der Waals surface area (Å²) in [5.74, 6) is -0.269. The highest BCUT2D eigenvalue weighted by Gasteiger charge is 2.23. The number of benzene rings is 3. The van der Waals surface area contributed by atoms with Crippen LogP contribution >= 0.6 is 23.2 Å². The first-order valence-electron chi connectivity index (χ1n) is 11.4. The number of rotatable bonds is 5. The van der Waals surface area contributed by atoms with Crippen molar-refractivity contribution in [2.75, 3.05) is 0 Å². The maximum Gasteiger partial charge on any atom is 0.296 e. The monoisotopic (exact) mass is 521 g/mol. The first-order chi connectivity index (χ1) is 17.1. The lowest BCUT2D eigenvalue weighted by molar-refractivity contribution is -0.126. The molecule has 36 heavy (non-hydrogen) atoms. The summed E-state index contributed by atoms with van der Waals surface area (Å²) in [6, 6.07) is 19.8. The van der Waals surface area contributed by atoms with Crippen LogP contribution in [-0.2, 0) is 17.9 Å². The van der Waals surface area contributed by atoms with Crippen molar-refractivity contribution >= 4 is 39.9 Å². The maximum atomic E-state index is 13.8. The molecule has 4 aromatic rings. The largest absolute Gasteiger partial charge is 0.506 e. The van der Waals surface area contributed by atoms with Crippen molar-refractivity contribution in [3.05, 3.63) is 98.2 Å². The van der Waals surface area contributed by atoms with Gasteiger partial charge >= 0.3 is 0 Å². The van der Waals surface area contributed by atoms with Gasteiger partial charge in [-0.1, -0.05) is 92.5 Å². The number of hydrogen-bond donors (Lipinski definition) is 1. The van der Waals surface area contributed by atoms with Crippen LogP contribution in [-0.4, -0.2) is 20.4 Å². The first-order valence-corrected chi connectivity index (χ1v) is 12.1. The van der Waals surface area contributed by atoms with Gasteiger partial charge in [-0.3, -0.25) is 19.1 Å². The second-order valence-corrected chi connectivity index (χ2v) is 10.3. The minimum absolute atomic E-state index is 0.0863. The maximum absolute atomic E-state index is 13.8. The minimum Gasteiger partial charge on any atom is -0.506 e. The van der Waals surface area contributed by atoms with Crippen molar-refractivity contribution < 1.29 is 9.90 Å². The molecule has 0 unspecified atom stereocenters. The van der Waals surface area contributed by atoms with Crippen LogP contribution in [0.4, 0.5) is 0 Å². The Morgan fingerprint density at radius 1 is 1.03 bits per heavy atom. The smallest absolute Gasteiger partial charge is 0.296 e. The number of para-hydroxylation sites is 1. The van der Waals surface area contributed by atoms with Crippen molar-refractivity contribution in [3.8, 4) is 17.0 Å². The van der Waals surface area contributed by atoms with Gasteiger partial charge in [-0.15, -0.1) is 0 Å². The number of aromatic hydroxyl groups is 1. The first kappa shape index (κ1) is 25.6. The van der Waals surface area contributed by atoms with Gasteiger partial charge in [0.15, 0.2) is 5.78 Å². The van der Waals surface area contributed by atoms with E-state index in [1.54, 1.807) is 6.07 Å². The van der Waals surface area contributed by atoms with Crippen LogP contribution in [0.5, 0.6) is 5.75 Å². The van der Waals surface area contributed by atoms with Gasteiger partial charge in [-0.05, 0) is 18.2 Å². The van der Waals surface area contributed by atoms with Crippen molar-refractivity contribution in [2.45, 2.75) is 33.9 Å². The van der Waals surface area contributed by atoms with E-state index in [4.69, 9.17) is 28.2 Å². The fraction of sp³-hybridized carbons (Fsp3) is 0.214. The minimum atomic E-state index is -0.648. The average Bonchev–Trinajstić information content (AvgIpc) is 2.95. The van der Waals surface area contributed by atoms with E-state index in [0.717, 1.165) is 5.56 Å². The van der Waals surface area contributed by atoms with E-state index >= 15 is 0 Å². The number of carbonyl (C=O) groups excluding carboxylic acids is 1. The van der Waals surface area contributed by atoms with Gasteiger partial charge < -0.3 is 5.11 Å². The number of hydrogen-bond acceptors (Lipinski definition) is 5. The summed E-state index contributed by atoms with van der Waals surface area (Å²) in [6.45, 7) is 5.22. The van der Waals surface area contributed by atoms with E-state index in [2.05, 4.69) is 4.99 Å². The van der Waals surface area contributed by atoms with Crippen molar-refractivity contribution in [2.24, 2.45) is 10.4 Å². The third-order valence-electron chi connectivity index (χ3n) is 5.80. The van der Waals surface area contributed by atoms with Crippen LogP contribution in [0.15, 0.2) is 76.5 Å². The molecule has 1 N–H and O–H groups in total. The highest BCUT2D eigenvalue weighted by atomic mass is 35.5. The number of phenols is 1. The van der Waals surface area contributed by atoms with Gasteiger partial charge in [0.25, 0.3) is 5.56 Å². The number of ketones is 1. The van der Waals surface area contributed by atoms with Crippen LogP contribution < -0.4 is 11.0 Å². The molecule has 0 amide bonds. The van der Waals surface area contributed by atoms with Crippen LogP contribution in [0, 0.1) is 5.41 Å². The molecular weight excluding hydrogens is 497 g/mol. The number of nitrogens with zero attached hydrogens (tertiary/aromatic N) is 3. The third kappa shape index (κ3) is 5.35. The Kier molecular flexibility index (Phi) is 7.29. The van der Waals surface area contributed by atoms with Crippen LogP contribution in [0.25, 0.3) is 22.2 Å². The topological polar surface area (TPSA) is 84.5 Å². The molecule has 0 aliphatic heterocycles. The lowest BCUT2D eigenvalue weighted by Crippen LogP contribution is -2.38. The Balaban J connectivity index is 2.05. The summed E-state index contributed by atoms with van der Waals surface area (Å²) in [5.41, 5.74) is 1.01. The summed E-state index contributed by atoms with van der Waals surface area (Å²) in [7, 11) is 0. The second-order valence-electron chi connectivity index (χ2n) is 9.44. The molecule has 0 radical (unpaired) electrons. The zero-order valence-electron chi connectivity index (χ0n) is 20.1. The normalized spacial score (nSPS) is 12.2. The zero-order valence-corrected chi connectivity index (χ0v) is 21.6. The SMILES string of the molecule is CC(C)(C)C(=O)Cn1c(=O)c(=NCc2cc(Cl)cc(Cl)c2O)nc(-c2ccccc2)c2ccccc21. The molecule has 184 valence electrons. The Morgan fingerprint density at radius 2 is 1.69 bits per heavy atom. The van der Waals surface area contributed by atoms with Gasteiger partial charge in [-0.2, -0.15) is 0 Å². The fourth-order valence-corrected chi connectivity index (χ4v) is 4.25. The summed E-state index contributed by atoms with van der Waals surface area (Å²) in [6.07, 6.45) is 0. The lowest BCUT2D eigenvalue weighted by atomic mass is 9.91. The van der Waals surface area contributed by atoms with Crippen molar-refractivity contribution in [1.82, 2.24) is 9.55 Å². The van der Waals surface area contributed by atoms with Crippen LogP contribution in [0.1, 0.15) is 26.3 Å². The average molecular weight is 522 g/mol. The van der Waals surface area contributed by atoms with E-state index in [1.807, 2.05) is 69.3 Å². The molecule has 0 fully saturated rings. The Hall–Kier alpha value is -3.48. The van der Waals surface area contributed by atoms with E-state index < -0.39 is 11.0 Å². The second kappa shape index (κ2) is 10.2.